The summed E-state index contributed by atoms with van der Waals surface area (Å²) in [7, 11) is 0. The summed E-state index contributed by atoms with van der Waals surface area (Å²) < 4.78 is 11.0. The lowest BCUT2D eigenvalue weighted by atomic mass is 9.96. The first kappa shape index (κ1) is 20.1. The van der Waals surface area contributed by atoms with Gasteiger partial charge in [-0.25, -0.2) is 4.98 Å². The first-order valence-electron chi connectivity index (χ1n) is 8.56. The van der Waals surface area contributed by atoms with Gasteiger partial charge >= 0.3 is 0 Å². The van der Waals surface area contributed by atoms with Gasteiger partial charge in [-0.2, -0.15) is 0 Å². The van der Waals surface area contributed by atoms with Crippen LogP contribution >= 0.6 is 11.8 Å². The fourth-order valence-corrected chi connectivity index (χ4v) is 2.61. The van der Waals surface area contributed by atoms with Crippen LogP contribution in [-0.4, -0.2) is 46.6 Å². The van der Waals surface area contributed by atoms with Crippen molar-refractivity contribution in [1.82, 2.24) is 20.5 Å². The van der Waals surface area contributed by atoms with E-state index in [9.17, 15) is 4.79 Å². The van der Waals surface area contributed by atoms with Crippen LogP contribution in [0.4, 0.5) is 0 Å². The molecule has 7 nitrogen and oxygen atoms in total. The van der Waals surface area contributed by atoms with Crippen LogP contribution < -0.4 is 14.8 Å². The van der Waals surface area contributed by atoms with Crippen molar-refractivity contribution >= 4 is 17.7 Å². The zero-order valence-electron chi connectivity index (χ0n) is 15.7. The number of amides is 1. The Morgan fingerprint density at radius 1 is 1.19 bits per heavy atom. The summed E-state index contributed by atoms with van der Waals surface area (Å²) in [5.74, 6) is 2.56. The van der Waals surface area contributed by atoms with Gasteiger partial charge in [0.15, 0.2) is 0 Å². The van der Waals surface area contributed by atoms with Crippen LogP contribution in [0.15, 0.2) is 29.4 Å². The van der Waals surface area contributed by atoms with Crippen molar-refractivity contribution in [1.29, 1.82) is 0 Å². The molecule has 0 aliphatic carbocycles. The maximum Gasteiger partial charge on any atom is 0.230 e. The van der Waals surface area contributed by atoms with Gasteiger partial charge in [-0.1, -0.05) is 32.5 Å². The van der Waals surface area contributed by atoms with Crippen molar-refractivity contribution in [2.24, 2.45) is 0 Å². The maximum atomic E-state index is 11.9. The molecule has 0 unspecified atom stereocenters. The third-order valence-electron chi connectivity index (χ3n) is 3.34. The summed E-state index contributed by atoms with van der Waals surface area (Å²) in [4.78, 5) is 16.3. The third-order valence-corrected chi connectivity index (χ3v) is 4.18. The number of nitrogens with zero attached hydrogens (tertiary/aromatic N) is 2. The zero-order valence-corrected chi connectivity index (χ0v) is 16.5. The molecule has 1 amide bonds. The van der Waals surface area contributed by atoms with E-state index in [0.29, 0.717) is 24.9 Å². The summed E-state index contributed by atoms with van der Waals surface area (Å²) in [6.45, 7) is 9.58. The van der Waals surface area contributed by atoms with Crippen LogP contribution in [0.3, 0.4) is 0 Å². The molecule has 8 heteroatoms. The number of benzene rings is 1. The highest BCUT2D eigenvalue weighted by atomic mass is 32.2. The molecule has 0 aliphatic rings. The van der Waals surface area contributed by atoms with Gasteiger partial charge in [-0.05, 0) is 31.2 Å². The largest absolute Gasteiger partial charge is 0.494 e. The number of H-pyrrole nitrogens is 1. The number of hydrogen-bond donors (Lipinski definition) is 2. The van der Waals surface area contributed by atoms with Crippen molar-refractivity contribution in [3.63, 3.8) is 0 Å². The fourth-order valence-electron chi connectivity index (χ4n) is 1.99. The molecule has 0 radical (unpaired) electrons. The van der Waals surface area contributed by atoms with Gasteiger partial charge in [0.1, 0.15) is 23.9 Å². The summed E-state index contributed by atoms with van der Waals surface area (Å²) in [5, 5.41) is 10.4. The summed E-state index contributed by atoms with van der Waals surface area (Å²) in [5.41, 5.74) is -0.0910. The fraction of sp³-hybridized carbons (Fsp3) is 0.500. The Kier molecular flexibility index (Phi) is 7.32. The number of nitrogens with one attached hydrogen (secondary N) is 2. The van der Waals surface area contributed by atoms with Gasteiger partial charge < -0.3 is 14.8 Å². The number of ether oxygens (including phenoxy) is 2. The number of aromatic nitrogens is 3. The van der Waals surface area contributed by atoms with Crippen molar-refractivity contribution in [3.8, 4) is 11.5 Å². The van der Waals surface area contributed by atoms with Crippen LogP contribution in [0.5, 0.6) is 11.5 Å². The highest BCUT2D eigenvalue weighted by Gasteiger charge is 2.19. The molecule has 1 aromatic heterocycles. The number of hydrogen-bond acceptors (Lipinski definition) is 6. The second kappa shape index (κ2) is 9.47. The molecule has 0 aliphatic heterocycles. The standard InChI is InChI=1S/C18H26N4O3S/c1-5-24-13-6-8-14(9-7-13)25-11-10-19-15(23)12-26-17-20-16(21-22-17)18(2,3)4/h6-9H,5,10-12H2,1-4H3,(H,19,23)(H,20,21,22). The molecule has 0 fully saturated rings. The summed E-state index contributed by atoms with van der Waals surface area (Å²) in [6.07, 6.45) is 0. The molecule has 0 spiro atoms. The lowest BCUT2D eigenvalue weighted by Crippen LogP contribution is -2.29. The first-order chi connectivity index (χ1) is 12.4. The Bertz CT molecular complexity index is 695. The quantitative estimate of drug-likeness (QED) is 0.515. The molecule has 2 rings (SSSR count). The Morgan fingerprint density at radius 3 is 2.42 bits per heavy atom. The predicted octanol–water partition coefficient (Wildman–Crippen LogP) is 2.79. The molecule has 0 saturated heterocycles. The van der Waals surface area contributed by atoms with Crippen LogP contribution in [0.2, 0.25) is 0 Å². The molecule has 1 aromatic carbocycles. The number of carbonyl (C=O) groups excluding carboxylic acids is 1. The number of carbonyl (C=O) groups is 1. The second-order valence-corrected chi connectivity index (χ2v) is 7.55. The molecule has 2 N–H and O–H groups in total. The topological polar surface area (TPSA) is 89.1 Å². The lowest BCUT2D eigenvalue weighted by molar-refractivity contribution is -0.118. The predicted molar refractivity (Wildman–Crippen MR) is 102 cm³/mol. The van der Waals surface area contributed by atoms with Crippen molar-refractivity contribution < 1.29 is 14.3 Å². The minimum absolute atomic E-state index is 0.0765. The normalized spacial score (nSPS) is 11.2. The molecule has 142 valence electrons. The van der Waals surface area contributed by atoms with Crippen molar-refractivity contribution in [2.75, 3.05) is 25.5 Å². The third kappa shape index (κ3) is 6.59. The van der Waals surface area contributed by atoms with Crippen LogP contribution in [0.1, 0.15) is 33.5 Å². The first-order valence-corrected chi connectivity index (χ1v) is 9.55. The van der Waals surface area contributed by atoms with E-state index in [2.05, 4.69) is 41.3 Å². The minimum Gasteiger partial charge on any atom is -0.494 e. The highest BCUT2D eigenvalue weighted by Crippen LogP contribution is 2.21. The van der Waals surface area contributed by atoms with Crippen LogP contribution in [0, 0.1) is 0 Å². The SMILES string of the molecule is CCOc1ccc(OCCNC(=O)CSc2n[nH]c(C(C)(C)C)n2)cc1. The molecule has 1 heterocycles. The lowest BCUT2D eigenvalue weighted by Gasteiger charge is -2.12. The maximum absolute atomic E-state index is 11.9. The second-order valence-electron chi connectivity index (χ2n) is 6.61. The van der Waals surface area contributed by atoms with E-state index < -0.39 is 0 Å². The van der Waals surface area contributed by atoms with Gasteiger partial charge in [0.25, 0.3) is 0 Å². The van der Waals surface area contributed by atoms with E-state index in [1.54, 1.807) is 0 Å². The highest BCUT2D eigenvalue weighted by molar-refractivity contribution is 7.99. The molecule has 2 aromatic rings. The molecule has 0 atom stereocenters. The van der Waals surface area contributed by atoms with Gasteiger partial charge in [-0.15, -0.1) is 5.10 Å². The van der Waals surface area contributed by atoms with E-state index >= 15 is 0 Å². The van der Waals surface area contributed by atoms with Crippen molar-refractivity contribution in [2.45, 2.75) is 38.3 Å². The van der Waals surface area contributed by atoms with Gasteiger partial charge in [-0.3, -0.25) is 9.89 Å². The van der Waals surface area contributed by atoms with E-state index in [0.717, 1.165) is 17.3 Å². The monoisotopic (exact) mass is 378 g/mol. The Morgan fingerprint density at radius 2 is 1.85 bits per heavy atom. The Balaban J connectivity index is 1.63. The molecule has 26 heavy (non-hydrogen) atoms. The summed E-state index contributed by atoms with van der Waals surface area (Å²) >= 11 is 1.31. The smallest absolute Gasteiger partial charge is 0.230 e. The molecular weight excluding hydrogens is 352 g/mol. The zero-order chi connectivity index (χ0) is 19.0. The molecular formula is C18H26N4O3S. The van der Waals surface area contributed by atoms with E-state index in [-0.39, 0.29) is 17.1 Å². The Labute approximate surface area is 158 Å². The van der Waals surface area contributed by atoms with E-state index in [1.165, 1.54) is 11.8 Å². The Hall–Kier alpha value is -2.22. The molecule has 0 saturated carbocycles. The molecule has 0 bridgehead atoms. The van der Waals surface area contributed by atoms with E-state index in [1.807, 2.05) is 31.2 Å². The number of thioether (sulfide) groups is 1. The average Bonchev–Trinajstić information content (AvgIpc) is 3.08. The van der Waals surface area contributed by atoms with Crippen LogP contribution in [-0.2, 0) is 10.2 Å². The van der Waals surface area contributed by atoms with Gasteiger partial charge in [0.05, 0.1) is 18.9 Å². The average molecular weight is 378 g/mol. The van der Waals surface area contributed by atoms with Gasteiger partial charge in [0, 0.05) is 5.41 Å². The van der Waals surface area contributed by atoms with Crippen LogP contribution in [0.25, 0.3) is 0 Å². The number of aromatic amines is 1. The van der Waals surface area contributed by atoms with E-state index in [4.69, 9.17) is 9.47 Å². The minimum atomic E-state index is -0.0910. The van der Waals surface area contributed by atoms with Gasteiger partial charge in [0.2, 0.25) is 11.1 Å². The number of rotatable bonds is 9. The summed E-state index contributed by atoms with van der Waals surface area (Å²) in [6, 6.07) is 7.41. The van der Waals surface area contributed by atoms with Crippen molar-refractivity contribution in [3.05, 3.63) is 30.1 Å².